The average molecular weight is 338 g/mol. The van der Waals surface area contributed by atoms with Crippen LogP contribution in [0.15, 0.2) is 24.3 Å². The van der Waals surface area contributed by atoms with Crippen LogP contribution < -0.4 is 9.62 Å². The molecule has 0 aromatic heterocycles. The minimum Gasteiger partial charge on any atom is -0.310 e. The molecule has 0 unspecified atom stereocenters. The van der Waals surface area contributed by atoms with E-state index in [1.54, 1.807) is 4.90 Å². The summed E-state index contributed by atoms with van der Waals surface area (Å²) in [5, 5.41) is 0. The zero-order valence-corrected chi connectivity index (χ0v) is 14.9. The van der Waals surface area contributed by atoms with Crippen molar-refractivity contribution in [2.75, 3.05) is 17.2 Å². The lowest BCUT2D eigenvalue weighted by Gasteiger charge is -2.27. The normalized spacial score (nSPS) is 15.7. The number of sulfonamides is 1. The van der Waals surface area contributed by atoms with E-state index < -0.39 is 16.1 Å². The third-order valence-corrected chi connectivity index (χ3v) is 5.60. The van der Waals surface area contributed by atoms with Crippen LogP contribution in [0.2, 0.25) is 0 Å². The highest BCUT2D eigenvalue weighted by molar-refractivity contribution is 7.89. The number of carbonyl (C=O) groups excluding carboxylic acids is 1. The van der Waals surface area contributed by atoms with Crippen molar-refractivity contribution in [2.45, 2.75) is 46.1 Å². The highest BCUT2D eigenvalue weighted by Gasteiger charge is 2.34. The van der Waals surface area contributed by atoms with Crippen molar-refractivity contribution in [3.63, 3.8) is 0 Å². The molecule has 1 atom stereocenters. The van der Waals surface area contributed by atoms with Gasteiger partial charge in [-0.15, -0.1) is 0 Å². The Labute approximate surface area is 139 Å². The van der Waals surface area contributed by atoms with Crippen molar-refractivity contribution in [2.24, 2.45) is 5.92 Å². The summed E-state index contributed by atoms with van der Waals surface area (Å²) in [6.07, 6.45) is 2.22. The van der Waals surface area contributed by atoms with Crippen LogP contribution in [0.4, 0.5) is 5.69 Å². The first-order valence-electron chi connectivity index (χ1n) is 8.25. The Morgan fingerprint density at radius 1 is 1.30 bits per heavy atom. The fourth-order valence-corrected chi connectivity index (χ4v) is 4.34. The molecule has 2 rings (SSSR count). The predicted octanol–water partition coefficient (Wildman–Crippen LogP) is 2.32. The third kappa shape index (κ3) is 4.32. The molecule has 1 aliphatic rings. The van der Waals surface area contributed by atoms with E-state index in [1.165, 1.54) is 0 Å². The molecule has 0 saturated heterocycles. The van der Waals surface area contributed by atoms with Crippen LogP contribution in [0, 0.1) is 5.92 Å². The number of carbonyl (C=O) groups is 1. The van der Waals surface area contributed by atoms with E-state index in [0.717, 1.165) is 24.1 Å². The lowest BCUT2D eigenvalue weighted by atomic mass is 10.0. The maximum Gasteiger partial charge on any atom is 0.245 e. The van der Waals surface area contributed by atoms with Crippen LogP contribution in [0.25, 0.3) is 0 Å². The van der Waals surface area contributed by atoms with Crippen LogP contribution >= 0.6 is 0 Å². The second-order valence-electron chi connectivity index (χ2n) is 6.38. The molecule has 1 aliphatic heterocycles. The first-order chi connectivity index (χ1) is 10.9. The van der Waals surface area contributed by atoms with Gasteiger partial charge in [0.1, 0.15) is 6.04 Å². The van der Waals surface area contributed by atoms with E-state index >= 15 is 0 Å². The topological polar surface area (TPSA) is 66.5 Å². The van der Waals surface area contributed by atoms with Crippen molar-refractivity contribution >= 4 is 21.6 Å². The summed E-state index contributed by atoms with van der Waals surface area (Å²) in [6, 6.07) is 7.07. The summed E-state index contributed by atoms with van der Waals surface area (Å²) in [4.78, 5) is 14.6. The zero-order chi connectivity index (χ0) is 17.0. The van der Waals surface area contributed by atoms with E-state index in [-0.39, 0.29) is 17.6 Å². The molecule has 0 radical (unpaired) electrons. The Kier molecular flexibility index (Phi) is 5.81. The lowest BCUT2D eigenvalue weighted by Crippen LogP contribution is -2.51. The number of nitrogens with one attached hydrogen (secondary N) is 1. The molecule has 1 aromatic carbocycles. The number of para-hydroxylation sites is 1. The van der Waals surface area contributed by atoms with Crippen molar-refractivity contribution < 1.29 is 13.2 Å². The molecular weight excluding hydrogens is 312 g/mol. The van der Waals surface area contributed by atoms with Gasteiger partial charge in [-0.1, -0.05) is 45.4 Å². The van der Waals surface area contributed by atoms with Crippen LogP contribution in [-0.2, 0) is 21.2 Å². The molecule has 0 bridgehead atoms. The van der Waals surface area contributed by atoms with Gasteiger partial charge in [0.25, 0.3) is 0 Å². The summed E-state index contributed by atoms with van der Waals surface area (Å²) in [6.45, 7) is 6.29. The molecule has 0 spiro atoms. The first kappa shape index (κ1) is 17.9. The number of amides is 1. The maximum atomic E-state index is 12.9. The van der Waals surface area contributed by atoms with Gasteiger partial charge in [-0.3, -0.25) is 4.79 Å². The minimum atomic E-state index is -3.44. The Morgan fingerprint density at radius 3 is 2.65 bits per heavy atom. The van der Waals surface area contributed by atoms with Crippen LogP contribution in [-0.4, -0.2) is 32.7 Å². The number of unbranched alkanes of at least 4 members (excludes halogenated alkanes) is 1. The van der Waals surface area contributed by atoms with Crippen molar-refractivity contribution in [1.82, 2.24) is 4.72 Å². The van der Waals surface area contributed by atoms with Gasteiger partial charge in [0, 0.05) is 12.2 Å². The second kappa shape index (κ2) is 7.45. The number of nitrogens with zero attached hydrogens (tertiary/aromatic N) is 1. The predicted molar refractivity (Wildman–Crippen MR) is 93.0 cm³/mol. The number of benzene rings is 1. The van der Waals surface area contributed by atoms with Crippen LogP contribution in [0.5, 0.6) is 0 Å². The van der Waals surface area contributed by atoms with Gasteiger partial charge in [-0.2, -0.15) is 0 Å². The van der Waals surface area contributed by atoms with Gasteiger partial charge < -0.3 is 4.90 Å². The highest BCUT2D eigenvalue weighted by atomic mass is 32.2. The number of fused-ring (bicyclic) bond motifs is 1. The highest BCUT2D eigenvalue weighted by Crippen LogP contribution is 2.28. The van der Waals surface area contributed by atoms with E-state index in [9.17, 15) is 13.2 Å². The summed E-state index contributed by atoms with van der Waals surface area (Å²) < 4.78 is 27.0. The fourth-order valence-electron chi connectivity index (χ4n) is 2.79. The van der Waals surface area contributed by atoms with Gasteiger partial charge in [-0.25, -0.2) is 13.1 Å². The molecule has 0 saturated carbocycles. The molecule has 1 amide bonds. The van der Waals surface area contributed by atoms with Gasteiger partial charge >= 0.3 is 0 Å². The number of hydrogen-bond acceptors (Lipinski definition) is 3. The SMILES string of the molecule is CCCCS(=O)(=O)N[C@H](C(=O)N1CCc2ccccc21)C(C)C. The van der Waals surface area contributed by atoms with Crippen LogP contribution in [0.3, 0.4) is 0 Å². The molecule has 128 valence electrons. The van der Waals surface area contributed by atoms with E-state index in [4.69, 9.17) is 0 Å². The number of rotatable bonds is 7. The largest absolute Gasteiger partial charge is 0.310 e. The third-order valence-electron chi connectivity index (χ3n) is 4.16. The molecule has 1 N–H and O–H groups in total. The van der Waals surface area contributed by atoms with Crippen LogP contribution in [0.1, 0.15) is 39.2 Å². The smallest absolute Gasteiger partial charge is 0.245 e. The van der Waals surface area contributed by atoms with Gasteiger partial charge in [0.2, 0.25) is 15.9 Å². The second-order valence-corrected chi connectivity index (χ2v) is 8.25. The zero-order valence-electron chi connectivity index (χ0n) is 14.1. The summed E-state index contributed by atoms with van der Waals surface area (Å²) in [5.41, 5.74) is 2.04. The monoisotopic (exact) mass is 338 g/mol. The molecule has 6 heteroatoms. The summed E-state index contributed by atoms with van der Waals surface area (Å²) in [5.74, 6) is -0.201. The molecule has 23 heavy (non-hydrogen) atoms. The Hall–Kier alpha value is -1.40. The molecule has 1 heterocycles. The molecule has 5 nitrogen and oxygen atoms in total. The van der Waals surface area contributed by atoms with E-state index in [1.807, 2.05) is 45.0 Å². The minimum absolute atomic E-state index is 0.0661. The van der Waals surface area contributed by atoms with Gasteiger partial charge in [-0.05, 0) is 30.4 Å². The maximum absolute atomic E-state index is 12.9. The van der Waals surface area contributed by atoms with E-state index in [2.05, 4.69) is 4.72 Å². The fraction of sp³-hybridized carbons (Fsp3) is 0.588. The lowest BCUT2D eigenvalue weighted by molar-refractivity contribution is -0.121. The summed E-state index contributed by atoms with van der Waals surface area (Å²) in [7, 11) is -3.44. The van der Waals surface area contributed by atoms with Crippen molar-refractivity contribution in [1.29, 1.82) is 0 Å². The quantitative estimate of drug-likeness (QED) is 0.830. The Morgan fingerprint density at radius 2 is 2.00 bits per heavy atom. The molecule has 0 fully saturated rings. The number of hydrogen-bond donors (Lipinski definition) is 1. The first-order valence-corrected chi connectivity index (χ1v) is 9.90. The molecule has 0 aliphatic carbocycles. The van der Waals surface area contributed by atoms with Crippen molar-refractivity contribution in [3.8, 4) is 0 Å². The van der Waals surface area contributed by atoms with E-state index in [0.29, 0.717) is 13.0 Å². The Balaban J connectivity index is 2.17. The number of anilines is 1. The Bertz CT molecular complexity index is 656. The summed E-state index contributed by atoms with van der Waals surface area (Å²) >= 11 is 0. The van der Waals surface area contributed by atoms with Gasteiger partial charge in [0.15, 0.2) is 0 Å². The molecule has 1 aromatic rings. The molecular formula is C17H26N2O3S. The average Bonchev–Trinajstić information content (AvgIpc) is 2.94. The van der Waals surface area contributed by atoms with Crippen molar-refractivity contribution in [3.05, 3.63) is 29.8 Å². The van der Waals surface area contributed by atoms with Gasteiger partial charge in [0.05, 0.1) is 5.75 Å². The standard InChI is InChI=1S/C17H26N2O3S/c1-4-5-12-23(21,22)18-16(13(2)3)17(20)19-11-10-14-8-6-7-9-15(14)19/h6-9,13,16,18H,4-5,10-12H2,1-3H3/t16-/m0/s1.